The van der Waals surface area contributed by atoms with Gasteiger partial charge in [0, 0.05) is 13.1 Å². The van der Waals surface area contributed by atoms with Crippen molar-refractivity contribution in [1.82, 2.24) is 9.62 Å². The minimum absolute atomic E-state index is 0.0916. The van der Waals surface area contributed by atoms with Gasteiger partial charge in [0.25, 0.3) is 0 Å². The van der Waals surface area contributed by atoms with Gasteiger partial charge in [-0.2, -0.15) is 9.82 Å². The van der Waals surface area contributed by atoms with Crippen molar-refractivity contribution in [3.8, 4) is 11.5 Å². The number of likely N-dealkylation sites (tertiary alicyclic amines) is 1. The average molecular weight is 467 g/mol. The Hall–Kier alpha value is -3.63. The Bertz CT molecular complexity index is 1370. The summed E-state index contributed by atoms with van der Waals surface area (Å²) in [5, 5.41) is 5.06. The second-order valence-electron chi connectivity index (χ2n) is 7.96. The molecule has 3 aromatic rings. The van der Waals surface area contributed by atoms with Gasteiger partial charge in [0.05, 0.1) is 11.1 Å². The summed E-state index contributed by atoms with van der Waals surface area (Å²) < 4.78 is 39.4. The van der Waals surface area contributed by atoms with E-state index in [1.807, 2.05) is 30.3 Å². The van der Waals surface area contributed by atoms with Gasteiger partial charge in [0.15, 0.2) is 11.5 Å². The number of carbonyl (C=O) groups excluding carboxylic acids is 1. The first kappa shape index (κ1) is 21.2. The monoisotopic (exact) mass is 466 g/mol. The van der Waals surface area contributed by atoms with Gasteiger partial charge in [0.1, 0.15) is 6.04 Å². The molecule has 1 saturated heterocycles. The molecule has 170 valence electrons. The van der Waals surface area contributed by atoms with E-state index in [-0.39, 0.29) is 17.6 Å². The number of hydrogen-bond donors (Lipinski definition) is 2. The molecule has 5 rings (SSSR count). The molecule has 0 aromatic heterocycles. The second-order valence-corrected chi connectivity index (χ2v) is 9.67. The number of sulfonamides is 1. The van der Waals surface area contributed by atoms with Crippen molar-refractivity contribution < 1.29 is 22.7 Å². The third-order valence-corrected chi connectivity index (χ3v) is 7.23. The predicted molar refractivity (Wildman–Crippen MR) is 122 cm³/mol. The molecule has 1 amide bonds. The van der Waals surface area contributed by atoms with Crippen LogP contribution in [0.3, 0.4) is 0 Å². The van der Waals surface area contributed by atoms with E-state index in [4.69, 9.17) is 15.3 Å². The lowest BCUT2D eigenvalue weighted by molar-refractivity contribution is -0.129. The summed E-state index contributed by atoms with van der Waals surface area (Å²) in [6, 6.07) is 15.1. The maximum Gasteiger partial charge on any atom is 0.241 e. The molecule has 0 unspecified atom stereocenters. The summed E-state index contributed by atoms with van der Waals surface area (Å²) >= 11 is 0. The fourth-order valence-electron chi connectivity index (χ4n) is 4.12. The highest BCUT2D eigenvalue weighted by Crippen LogP contribution is 2.36. The number of nitrogens with two attached hydrogens (primary N) is 1. The van der Waals surface area contributed by atoms with Gasteiger partial charge in [-0.15, -0.1) is 0 Å². The van der Waals surface area contributed by atoms with Gasteiger partial charge >= 0.3 is 0 Å². The topological polar surface area (TPSA) is 123 Å². The highest BCUT2D eigenvalue weighted by Gasteiger charge is 2.35. The lowest BCUT2D eigenvalue weighted by Crippen LogP contribution is -2.41. The first-order valence-corrected chi connectivity index (χ1v) is 11.9. The predicted octanol–water partition coefficient (Wildman–Crippen LogP) is 1.94. The molecule has 1 atom stereocenters. The van der Waals surface area contributed by atoms with Gasteiger partial charge in [-0.05, 0) is 58.7 Å². The Morgan fingerprint density at radius 1 is 1.09 bits per heavy atom. The quantitative estimate of drug-likeness (QED) is 0.325. The van der Waals surface area contributed by atoms with Crippen LogP contribution in [0.4, 0.5) is 0 Å². The minimum Gasteiger partial charge on any atom is -0.454 e. The van der Waals surface area contributed by atoms with Gasteiger partial charge < -0.3 is 20.2 Å². The number of benzene rings is 3. The zero-order valence-electron chi connectivity index (χ0n) is 17.6. The molecule has 9 nitrogen and oxygen atoms in total. The molecule has 2 aliphatic rings. The number of ether oxygens (including phenoxy) is 2. The maximum absolute atomic E-state index is 13.0. The Morgan fingerprint density at radius 2 is 1.88 bits per heavy atom. The molecule has 0 bridgehead atoms. The third-order valence-electron chi connectivity index (χ3n) is 5.76. The SMILES string of the molecule is NN=Cc1cccc(CN2CC[C@H](NS(=O)(=O)c3ccc4cc5c(cc4c3)OCO5)C2=O)c1. The molecule has 0 spiro atoms. The summed E-state index contributed by atoms with van der Waals surface area (Å²) in [6.45, 7) is 0.985. The average Bonchev–Trinajstić information content (AvgIpc) is 3.39. The molecule has 33 heavy (non-hydrogen) atoms. The number of carbonyl (C=O) groups is 1. The number of hydrazone groups is 1. The minimum atomic E-state index is -3.89. The summed E-state index contributed by atoms with van der Waals surface area (Å²) in [6.07, 6.45) is 1.93. The van der Waals surface area contributed by atoms with Crippen LogP contribution in [0, 0.1) is 0 Å². The Labute approximate surface area is 190 Å². The number of fused-ring (bicyclic) bond motifs is 2. The number of nitrogens with one attached hydrogen (secondary N) is 1. The standard InChI is InChI=1S/C23H22N4O5S/c24-25-12-15-2-1-3-16(8-15)13-27-7-6-20(23(27)28)26-33(29,30)19-5-4-17-10-21-22(32-14-31-21)11-18(17)9-19/h1-5,8-12,20,26H,6-7,13-14,24H2/t20-/m0/s1. The van der Waals surface area contributed by atoms with Crippen molar-refractivity contribution in [2.75, 3.05) is 13.3 Å². The number of amides is 1. The van der Waals surface area contributed by atoms with E-state index in [0.29, 0.717) is 36.4 Å². The van der Waals surface area contributed by atoms with Gasteiger partial charge in [0.2, 0.25) is 22.7 Å². The lowest BCUT2D eigenvalue weighted by Gasteiger charge is -2.18. The zero-order chi connectivity index (χ0) is 23.0. The summed E-state index contributed by atoms with van der Waals surface area (Å²) in [5.74, 6) is 6.16. The van der Waals surface area contributed by atoms with Crippen LogP contribution in [-0.4, -0.2) is 44.8 Å². The van der Waals surface area contributed by atoms with E-state index in [2.05, 4.69) is 9.82 Å². The van der Waals surface area contributed by atoms with Crippen molar-refractivity contribution in [1.29, 1.82) is 0 Å². The molecule has 1 fully saturated rings. The van der Waals surface area contributed by atoms with E-state index in [9.17, 15) is 13.2 Å². The van der Waals surface area contributed by atoms with Gasteiger partial charge in [-0.1, -0.05) is 24.3 Å². The molecule has 3 aromatic carbocycles. The van der Waals surface area contributed by atoms with Crippen LogP contribution in [-0.2, 0) is 21.4 Å². The van der Waals surface area contributed by atoms with E-state index < -0.39 is 16.1 Å². The van der Waals surface area contributed by atoms with Crippen LogP contribution in [0.1, 0.15) is 17.5 Å². The molecule has 0 aliphatic carbocycles. The number of hydrogen-bond acceptors (Lipinski definition) is 7. The number of rotatable bonds is 6. The largest absolute Gasteiger partial charge is 0.454 e. The summed E-state index contributed by atoms with van der Waals surface area (Å²) in [5.41, 5.74) is 1.75. The molecule has 3 N–H and O–H groups in total. The van der Waals surface area contributed by atoms with E-state index in [1.54, 1.807) is 23.1 Å². The first-order valence-electron chi connectivity index (χ1n) is 10.4. The molecule has 0 radical (unpaired) electrons. The molecule has 2 heterocycles. The van der Waals surface area contributed by atoms with E-state index in [0.717, 1.165) is 16.5 Å². The Kier molecular flexibility index (Phi) is 5.39. The first-order chi connectivity index (χ1) is 15.9. The summed E-state index contributed by atoms with van der Waals surface area (Å²) in [7, 11) is -3.89. The van der Waals surface area contributed by atoms with Crippen LogP contribution in [0.5, 0.6) is 11.5 Å². The van der Waals surface area contributed by atoms with Crippen molar-refractivity contribution in [3.63, 3.8) is 0 Å². The fourth-order valence-corrected chi connectivity index (χ4v) is 5.38. The fraction of sp³-hybridized carbons (Fsp3) is 0.217. The van der Waals surface area contributed by atoms with Crippen LogP contribution in [0.2, 0.25) is 0 Å². The van der Waals surface area contributed by atoms with Crippen LogP contribution >= 0.6 is 0 Å². The Balaban J connectivity index is 1.31. The van der Waals surface area contributed by atoms with Gasteiger partial charge in [-0.25, -0.2) is 8.42 Å². The molecular weight excluding hydrogens is 444 g/mol. The van der Waals surface area contributed by atoms with Crippen LogP contribution in [0.25, 0.3) is 10.8 Å². The highest BCUT2D eigenvalue weighted by atomic mass is 32.2. The Morgan fingerprint density at radius 3 is 2.67 bits per heavy atom. The van der Waals surface area contributed by atoms with Gasteiger partial charge in [-0.3, -0.25) is 4.79 Å². The second kappa shape index (κ2) is 8.38. The third kappa shape index (κ3) is 4.22. The highest BCUT2D eigenvalue weighted by molar-refractivity contribution is 7.89. The van der Waals surface area contributed by atoms with Crippen molar-refractivity contribution in [2.45, 2.75) is 23.9 Å². The van der Waals surface area contributed by atoms with Crippen LogP contribution < -0.4 is 20.0 Å². The molecule has 2 aliphatic heterocycles. The summed E-state index contributed by atoms with van der Waals surface area (Å²) in [4.78, 5) is 14.6. The van der Waals surface area contributed by atoms with E-state index >= 15 is 0 Å². The molecule has 0 saturated carbocycles. The normalized spacial score (nSPS) is 18.0. The lowest BCUT2D eigenvalue weighted by atomic mass is 10.1. The maximum atomic E-state index is 13.0. The van der Waals surface area contributed by atoms with E-state index in [1.165, 1.54) is 12.3 Å². The molecular formula is C23H22N4O5S. The van der Waals surface area contributed by atoms with Crippen molar-refractivity contribution >= 4 is 32.9 Å². The molecule has 10 heteroatoms. The smallest absolute Gasteiger partial charge is 0.241 e. The van der Waals surface area contributed by atoms with Crippen molar-refractivity contribution in [2.24, 2.45) is 10.9 Å². The van der Waals surface area contributed by atoms with Crippen molar-refractivity contribution in [3.05, 3.63) is 65.7 Å². The van der Waals surface area contributed by atoms with Crippen LogP contribution in [0.15, 0.2) is 64.6 Å². The zero-order valence-corrected chi connectivity index (χ0v) is 18.4. The number of nitrogens with zero attached hydrogens (tertiary/aromatic N) is 2.